The van der Waals surface area contributed by atoms with Crippen LogP contribution in [0.15, 0.2) is 24.8 Å². The van der Waals surface area contributed by atoms with Gasteiger partial charge in [0.1, 0.15) is 6.10 Å². The molecule has 1 atom stereocenters. The van der Waals surface area contributed by atoms with Crippen LogP contribution in [0.5, 0.6) is 0 Å². The number of ether oxygens (including phenoxy) is 1. The Labute approximate surface area is 82.3 Å². The van der Waals surface area contributed by atoms with Gasteiger partial charge in [-0.1, -0.05) is 19.2 Å². The number of carbonyl (C=O) groups is 2. The SMILES string of the molecule is C=CC(C)OC(=O)C(=C)C.O=C(O)O. The number of carbonyl (C=O) groups excluding carboxylic acids is 1. The van der Waals surface area contributed by atoms with Gasteiger partial charge in [0.25, 0.3) is 0 Å². The lowest BCUT2D eigenvalue weighted by molar-refractivity contribution is -0.141. The van der Waals surface area contributed by atoms with Crippen LogP contribution < -0.4 is 0 Å². The number of esters is 1. The van der Waals surface area contributed by atoms with Gasteiger partial charge in [-0.05, 0) is 13.8 Å². The van der Waals surface area contributed by atoms with Crippen LogP contribution in [0, 0.1) is 0 Å². The molecule has 80 valence electrons. The molecule has 0 radical (unpaired) electrons. The highest BCUT2D eigenvalue weighted by molar-refractivity contribution is 5.87. The lowest BCUT2D eigenvalue weighted by Gasteiger charge is -2.07. The molecule has 0 fully saturated rings. The molecule has 0 aromatic heterocycles. The van der Waals surface area contributed by atoms with Gasteiger partial charge in [0.2, 0.25) is 0 Å². The van der Waals surface area contributed by atoms with Crippen LogP contribution in [0.4, 0.5) is 4.79 Å². The van der Waals surface area contributed by atoms with Crippen LogP contribution >= 0.6 is 0 Å². The van der Waals surface area contributed by atoms with Gasteiger partial charge in [0, 0.05) is 5.57 Å². The van der Waals surface area contributed by atoms with E-state index in [0.29, 0.717) is 5.57 Å². The predicted molar refractivity (Wildman–Crippen MR) is 51.2 cm³/mol. The van der Waals surface area contributed by atoms with Crippen LogP contribution in [-0.2, 0) is 9.53 Å². The van der Waals surface area contributed by atoms with Crippen molar-refractivity contribution in [3.05, 3.63) is 24.8 Å². The summed E-state index contributed by atoms with van der Waals surface area (Å²) in [6, 6.07) is 0. The van der Waals surface area contributed by atoms with Crippen LogP contribution in [-0.4, -0.2) is 28.4 Å². The zero-order chi connectivity index (χ0) is 11.7. The van der Waals surface area contributed by atoms with Gasteiger partial charge in [0.05, 0.1) is 0 Å². The molecule has 0 amide bonds. The minimum Gasteiger partial charge on any atom is -0.455 e. The van der Waals surface area contributed by atoms with Crippen LogP contribution in [0.2, 0.25) is 0 Å². The number of rotatable bonds is 3. The maximum absolute atomic E-state index is 10.7. The Hall–Kier alpha value is -1.78. The Bertz CT molecular complexity index is 227. The van der Waals surface area contributed by atoms with Crippen molar-refractivity contribution >= 4 is 12.1 Å². The van der Waals surface area contributed by atoms with Gasteiger partial charge in [-0.3, -0.25) is 0 Å². The quantitative estimate of drug-likeness (QED) is 0.415. The maximum Gasteiger partial charge on any atom is 0.503 e. The summed E-state index contributed by atoms with van der Waals surface area (Å²) >= 11 is 0. The number of hydrogen-bond acceptors (Lipinski definition) is 3. The summed E-state index contributed by atoms with van der Waals surface area (Å²) in [5.74, 6) is -0.368. The molecule has 0 saturated carbocycles. The highest BCUT2D eigenvalue weighted by atomic mass is 16.6. The zero-order valence-electron chi connectivity index (χ0n) is 8.19. The third kappa shape index (κ3) is 12.9. The van der Waals surface area contributed by atoms with Crippen molar-refractivity contribution in [3.63, 3.8) is 0 Å². The minimum atomic E-state index is -1.83. The smallest absolute Gasteiger partial charge is 0.455 e. The van der Waals surface area contributed by atoms with Gasteiger partial charge in [-0.25, -0.2) is 9.59 Å². The third-order valence-electron chi connectivity index (χ3n) is 0.973. The molecule has 0 aromatic rings. The maximum atomic E-state index is 10.7. The van der Waals surface area contributed by atoms with Crippen molar-refractivity contribution in [1.82, 2.24) is 0 Å². The Morgan fingerprint density at radius 3 is 2.00 bits per heavy atom. The molecule has 1 unspecified atom stereocenters. The molecule has 5 nitrogen and oxygen atoms in total. The fourth-order valence-electron chi connectivity index (χ4n) is 0.318. The van der Waals surface area contributed by atoms with Crippen LogP contribution in [0.3, 0.4) is 0 Å². The fourth-order valence-corrected chi connectivity index (χ4v) is 0.318. The largest absolute Gasteiger partial charge is 0.503 e. The first kappa shape index (κ1) is 14.7. The Morgan fingerprint density at radius 2 is 1.79 bits per heavy atom. The summed E-state index contributed by atoms with van der Waals surface area (Å²) in [5, 5.41) is 13.9. The molecule has 2 N–H and O–H groups in total. The molecule has 0 spiro atoms. The standard InChI is InChI=1S/C8H12O2.CH2O3/c1-5-7(4)10-8(9)6(2)3;2-1(3)4/h5,7H,1-2H2,3-4H3;(H2,2,3,4). The number of carboxylic acid groups (broad SMARTS) is 2. The van der Waals surface area contributed by atoms with E-state index in [2.05, 4.69) is 13.2 Å². The normalized spacial score (nSPS) is 10.1. The molecule has 0 bridgehead atoms. The van der Waals surface area contributed by atoms with Crippen LogP contribution in [0.25, 0.3) is 0 Å². The number of hydrogen-bond donors (Lipinski definition) is 2. The molecular formula is C9H14O5. The van der Waals surface area contributed by atoms with E-state index in [-0.39, 0.29) is 12.1 Å². The van der Waals surface area contributed by atoms with E-state index in [1.165, 1.54) is 0 Å². The predicted octanol–water partition coefficient (Wildman–Crippen LogP) is 1.90. The molecule has 0 aliphatic carbocycles. The van der Waals surface area contributed by atoms with Gasteiger partial charge < -0.3 is 14.9 Å². The second kappa shape index (κ2) is 7.85. The van der Waals surface area contributed by atoms with E-state index >= 15 is 0 Å². The summed E-state index contributed by atoms with van der Waals surface area (Å²) in [4.78, 5) is 19.3. The van der Waals surface area contributed by atoms with Crippen molar-refractivity contribution in [2.24, 2.45) is 0 Å². The van der Waals surface area contributed by atoms with Crippen molar-refractivity contribution < 1.29 is 24.5 Å². The molecule has 0 rings (SSSR count). The van der Waals surface area contributed by atoms with Crippen molar-refractivity contribution in [2.45, 2.75) is 20.0 Å². The van der Waals surface area contributed by atoms with E-state index in [4.69, 9.17) is 19.7 Å². The molecule has 14 heavy (non-hydrogen) atoms. The highest BCUT2D eigenvalue weighted by Gasteiger charge is 2.05. The average molecular weight is 202 g/mol. The molecular weight excluding hydrogens is 188 g/mol. The monoisotopic (exact) mass is 202 g/mol. The first-order chi connectivity index (χ1) is 6.31. The van der Waals surface area contributed by atoms with Gasteiger partial charge >= 0.3 is 12.1 Å². The summed E-state index contributed by atoms with van der Waals surface area (Å²) in [6.07, 6.45) is -0.509. The average Bonchev–Trinajstić information content (AvgIpc) is 2.02. The molecule has 0 aliphatic heterocycles. The first-order valence-electron chi connectivity index (χ1n) is 3.72. The van der Waals surface area contributed by atoms with E-state index in [0.717, 1.165) is 0 Å². The summed E-state index contributed by atoms with van der Waals surface area (Å²) in [5.41, 5.74) is 0.411. The van der Waals surface area contributed by atoms with Crippen molar-refractivity contribution in [2.75, 3.05) is 0 Å². The Balaban J connectivity index is 0. The molecule has 0 saturated heterocycles. The van der Waals surface area contributed by atoms with E-state index < -0.39 is 6.16 Å². The lowest BCUT2D eigenvalue weighted by Crippen LogP contribution is -2.12. The van der Waals surface area contributed by atoms with E-state index in [9.17, 15) is 4.79 Å². The molecule has 0 heterocycles. The molecule has 0 aliphatic rings. The second-order valence-electron chi connectivity index (χ2n) is 2.41. The molecule has 0 aromatic carbocycles. The third-order valence-corrected chi connectivity index (χ3v) is 0.973. The van der Waals surface area contributed by atoms with E-state index in [1.807, 2.05) is 0 Å². The van der Waals surface area contributed by atoms with Gasteiger partial charge in [-0.2, -0.15) is 0 Å². The topological polar surface area (TPSA) is 83.8 Å². The zero-order valence-corrected chi connectivity index (χ0v) is 8.19. The first-order valence-corrected chi connectivity index (χ1v) is 3.72. The van der Waals surface area contributed by atoms with E-state index in [1.54, 1.807) is 19.9 Å². The summed E-state index contributed by atoms with van der Waals surface area (Å²) < 4.78 is 4.80. The van der Waals surface area contributed by atoms with Gasteiger partial charge in [-0.15, -0.1) is 0 Å². The summed E-state index contributed by atoms with van der Waals surface area (Å²) in [7, 11) is 0. The van der Waals surface area contributed by atoms with Crippen LogP contribution in [0.1, 0.15) is 13.8 Å². The molecule has 5 heteroatoms. The van der Waals surface area contributed by atoms with Gasteiger partial charge in [0.15, 0.2) is 0 Å². The summed E-state index contributed by atoms with van der Waals surface area (Å²) in [6.45, 7) is 10.3. The minimum absolute atomic E-state index is 0.232. The lowest BCUT2D eigenvalue weighted by atomic mass is 10.3. The fraction of sp³-hybridized carbons (Fsp3) is 0.333. The Morgan fingerprint density at radius 1 is 1.43 bits per heavy atom. The van der Waals surface area contributed by atoms with Crippen molar-refractivity contribution in [3.8, 4) is 0 Å². The second-order valence-corrected chi connectivity index (χ2v) is 2.41. The highest BCUT2D eigenvalue weighted by Crippen LogP contribution is 1.97. The Kier molecular flexibility index (Phi) is 8.26. The van der Waals surface area contributed by atoms with Crippen molar-refractivity contribution in [1.29, 1.82) is 0 Å².